The summed E-state index contributed by atoms with van der Waals surface area (Å²) >= 11 is 0. The van der Waals surface area contributed by atoms with E-state index >= 15 is 0 Å². The van der Waals surface area contributed by atoms with Crippen molar-refractivity contribution >= 4 is 5.91 Å². The van der Waals surface area contributed by atoms with Gasteiger partial charge in [0.2, 0.25) is 5.91 Å². The molecule has 0 bridgehead atoms. The van der Waals surface area contributed by atoms with Gasteiger partial charge in [-0.15, -0.1) is 0 Å². The van der Waals surface area contributed by atoms with Gasteiger partial charge in [-0.05, 0) is 26.4 Å². The van der Waals surface area contributed by atoms with E-state index in [1.807, 2.05) is 18.9 Å². The van der Waals surface area contributed by atoms with Crippen LogP contribution < -0.4 is 0 Å². The number of likely N-dealkylation sites (N-methyl/N-ethyl adjacent to an activating group) is 2. The van der Waals surface area contributed by atoms with Gasteiger partial charge in [-0.3, -0.25) is 4.79 Å². The Balaban J connectivity index is 2.38. The van der Waals surface area contributed by atoms with Gasteiger partial charge in [-0.25, -0.2) is 0 Å². The van der Waals surface area contributed by atoms with Crippen LogP contribution in [0, 0.1) is 0 Å². The molecule has 0 spiro atoms. The number of hydrogen-bond acceptors (Lipinski definition) is 2. The molecule has 1 aliphatic heterocycles. The molecule has 1 heterocycles. The van der Waals surface area contributed by atoms with Crippen LogP contribution in [0.2, 0.25) is 0 Å². The standard InChI is InChI=1S/C10H20N2O/c1-4-5-10(13)12(3)9-6-7-11(2)8-9/h9H,4-8H2,1-3H3. The number of amides is 1. The Morgan fingerprint density at radius 2 is 2.31 bits per heavy atom. The summed E-state index contributed by atoms with van der Waals surface area (Å²) in [7, 11) is 4.04. The summed E-state index contributed by atoms with van der Waals surface area (Å²) in [6.45, 7) is 4.20. The summed E-state index contributed by atoms with van der Waals surface area (Å²) in [6.07, 6.45) is 2.77. The monoisotopic (exact) mass is 184 g/mol. The van der Waals surface area contributed by atoms with Gasteiger partial charge in [0.05, 0.1) is 0 Å². The molecule has 0 N–H and O–H groups in total. The Bertz CT molecular complexity index is 182. The number of rotatable bonds is 3. The highest BCUT2D eigenvalue weighted by Crippen LogP contribution is 2.13. The number of likely N-dealkylation sites (tertiary alicyclic amines) is 1. The first-order valence-electron chi connectivity index (χ1n) is 5.09. The van der Waals surface area contributed by atoms with E-state index in [-0.39, 0.29) is 0 Å². The normalized spacial score (nSPS) is 23.5. The molecule has 1 saturated heterocycles. The Morgan fingerprint density at radius 3 is 2.77 bits per heavy atom. The van der Waals surface area contributed by atoms with Crippen LogP contribution >= 0.6 is 0 Å². The second-order valence-corrected chi connectivity index (χ2v) is 3.96. The third-order valence-electron chi connectivity index (χ3n) is 2.77. The van der Waals surface area contributed by atoms with E-state index in [4.69, 9.17) is 0 Å². The molecule has 0 aromatic rings. The maximum Gasteiger partial charge on any atom is 0.222 e. The van der Waals surface area contributed by atoms with E-state index < -0.39 is 0 Å². The van der Waals surface area contributed by atoms with Crippen molar-refractivity contribution in [1.82, 2.24) is 9.80 Å². The van der Waals surface area contributed by atoms with Crippen LogP contribution in [0.15, 0.2) is 0 Å². The quantitative estimate of drug-likeness (QED) is 0.652. The van der Waals surface area contributed by atoms with Crippen molar-refractivity contribution in [3.8, 4) is 0 Å². The minimum Gasteiger partial charge on any atom is -0.341 e. The molecule has 1 aliphatic rings. The first-order valence-corrected chi connectivity index (χ1v) is 5.09. The van der Waals surface area contributed by atoms with Gasteiger partial charge in [-0.1, -0.05) is 6.92 Å². The van der Waals surface area contributed by atoms with Gasteiger partial charge >= 0.3 is 0 Å². The van der Waals surface area contributed by atoms with Gasteiger partial charge < -0.3 is 9.80 Å². The molecule has 1 unspecified atom stereocenters. The SMILES string of the molecule is CCCC(=O)N(C)C1CCN(C)C1. The molecule has 3 nitrogen and oxygen atoms in total. The largest absolute Gasteiger partial charge is 0.341 e. The van der Waals surface area contributed by atoms with Crippen molar-refractivity contribution in [3.05, 3.63) is 0 Å². The number of carbonyl (C=O) groups excluding carboxylic acids is 1. The van der Waals surface area contributed by atoms with Gasteiger partial charge in [0, 0.05) is 26.1 Å². The molecule has 0 aromatic carbocycles. The van der Waals surface area contributed by atoms with Crippen molar-refractivity contribution in [2.45, 2.75) is 32.2 Å². The minimum atomic E-state index is 0.294. The molecule has 3 heteroatoms. The van der Waals surface area contributed by atoms with E-state index in [9.17, 15) is 4.79 Å². The zero-order valence-electron chi connectivity index (χ0n) is 8.92. The lowest BCUT2D eigenvalue weighted by molar-refractivity contribution is -0.131. The molecule has 1 atom stereocenters. The van der Waals surface area contributed by atoms with Crippen molar-refractivity contribution in [2.24, 2.45) is 0 Å². The highest BCUT2D eigenvalue weighted by atomic mass is 16.2. The van der Waals surface area contributed by atoms with Crippen LogP contribution in [0.3, 0.4) is 0 Å². The summed E-state index contributed by atoms with van der Waals surface area (Å²) < 4.78 is 0. The van der Waals surface area contributed by atoms with Crippen molar-refractivity contribution in [1.29, 1.82) is 0 Å². The van der Waals surface area contributed by atoms with Crippen molar-refractivity contribution < 1.29 is 4.79 Å². The van der Waals surface area contributed by atoms with Gasteiger partial charge in [-0.2, -0.15) is 0 Å². The molecule has 0 saturated carbocycles. The van der Waals surface area contributed by atoms with E-state index in [0.717, 1.165) is 25.9 Å². The number of nitrogens with zero attached hydrogens (tertiary/aromatic N) is 2. The molecular formula is C10H20N2O. The van der Waals surface area contributed by atoms with Crippen LogP contribution in [0.1, 0.15) is 26.2 Å². The van der Waals surface area contributed by atoms with E-state index in [2.05, 4.69) is 11.9 Å². The summed E-state index contributed by atoms with van der Waals surface area (Å²) in [6, 6.07) is 0.448. The second kappa shape index (κ2) is 4.61. The lowest BCUT2D eigenvalue weighted by Crippen LogP contribution is -2.38. The maximum atomic E-state index is 11.5. The third-order valence-corrected chi connectivity index (χ3v) is 2.77. The highest BCUT2D eigenvalue weighted by Gasteiger charge is 2.25. The van der Waals surface area contributed by atoms with E-state index in [1.54, 1.807) is 0 Å². The summed E-state index contributed by atoms with van der Waals surface area (Å²) in [5, 5.41) is 0. The fourth-order valence-corrected chi connectivity index (χ4v) is 1.82. The number of carbonyl (C=O) groups is 1. The van der Waals surface area contributed by atoms with Crippen LogP contribution in [0.5, 0.6) is 0 Å². The first kappa shape index (κ1) is 10.5. The van der Waals surface area contributed by atoms with Gasteiger partial charge in [0.15, 0.2) is 0 Å². The molecule has 1 amide bonds. The average Bonchev–Trinajstić information content (AvgIpc) is 2.51. The summed E-state index contributed by atoms with van der Waals surface area (Å²) in [5.74, 6) is 0.294. The zero-order chi connectivity index (χ0) is 9.84. The average molecular weight is 184 g/mol. The molecule has 0 aromatic heterocycles. The Labute approximate surface area is 80.7 Å². The van der Waals surface area contributed by atoms with Crippen molar-refractivity contribution in [3.63, 3.8) is 0 Å². The maximum absolute atomic E-state index is 11.5. The molecule has 0 radical (unpaired) electrons. The predicted octanol–water partition coefficient (Wildman–Crippen LogP) is 0.949. The fraction of sp³-hybridized carbons (Fsp3) is 0.900. The van der Waals surface area contributed by atoms with E-state index in [0.29, 0.717) is 18.4 Å². The lowest BCUT2D eigenvalue weighted by Gasteiger charge is -2.24. The molecule has 1 fully saturated rings. The van der Waals surface area contributed by atoms with Crippen molar-refractivity contribution in [2.75, 3.05) is 27.2 Å². The van der Waals surface area contributed by atoms with Crippen LogP contribution in [-0.2, 0) is 4.79 Å². The molecule has 0 aliphatic carbocycles. The topological polar surface area (TPSA) is 23.6 Å². The Morgan fingerprint density at radius 1 is 1.62 bits per heavy atom. The lowest BCUT2D eigenvalue weighted by atomic mass is 10.2. The van der Waals surface area contributed by atoms with Crippen LogP contribution in [-0.4, -0.2) is 48.9 Å². The molecule has 76 valence electrons. The molecule has 1 rings (SSSR count). The third kappa shape index (κ3) is 2.69. The molecular weight excluding hydrogens is 164 g/mol. The van der Waals surface area contributed by atoms with Crippen LogP contribution in [0.4, 0.5) is 0 Å². The fourth-order valence-electron chi connectivity index (χ4n) is 1.82. The Hall–Kier alpha value is -0.570. The first-order chi connectivity index (χ1) is 6.15. The highest BCUT2D eigenvalue weighted by molar-refractivity contribution is 5.76. The predicted molar refractivity (Wildman–Crippen MR) is 53.6 cm³/mol. The summed E-state index contributed by atoms with van der Waals surface area (Å²) in [4.78, 5) is 15.7. The smallest absolute Gasteiger partial charge is 0.222 e. The Kier molecular flexibility index (Phi) is 3.72. The van der Waals surface area contributed by atoms with E-state index in [1.165, 1.54) is 0 Å². The zero-order valence-corrected chi connectivity index (χ0v) is 8.92. The second-order valence-electron chi connectivity index (χ2n) is 3.96. The van der Waals surface area contributed by atoms with Gasteiger partial charge in [0.25, 0.3) is 0 Å². The minimum absolute atomic E-state index is 0.294. The van der Waals surface area contributed by atoms with Gasteiger partial charge in [0.1, 0.15) is 0 Å². The molecule has 13 heavy (non-hydrogen) atoms. The van der Waals surface area contributed by atoms with Crippen LogP contribution in [0.25, 0.3) is 0 Å². The number of hydrogen-bond donors (Lipinski definition) is 0. The summed E-state index contributed by atoms with van der Waals surface area (Å²) in [5.41, 5.74) is 0.